The Hall–Kier alpha value is -2.45. The number of nitrogens with two attached hydrogens (primary N) is 1. The Morgan fingerprint density at radius 2 is 2.17 bits per heavy atom. The van der Waals surface area contributed by atoms with Crippen LogP contribution in [0.2, 0.25) is 5.02 Å². The maximum absolute atomic E-state index is 12.5. The zero-order valence-corrected chi connectivity index (χ0v) is 13.6. The van der Waals surface area contributed by atoms with Crippen LogP contribution in [0.5, 0.6) is 0 Å². The molecular weight excluding hydrogens is 338 g/mol. The summed E-state index contributed by atoms with van der Waals surface area (Å²) in [4.78, 5) is 12.5. The maximum atomic E-state index is 12.5. The monoisotopic (exact) mass is 349 g/mol. The van der Waals surface area contributed by atoms with E-state index >= 15 is 0 Å². The van der Waals surface area contributed by atoms with Crippen LogP contribution in [0.4, 0.5) is 5.13 Å². The molecule has 0 atom stereocenters. The van der Waals surface area contributed by atoms with E-state index in [1.54, 1.807) is 25.1 Å². The molecule has 3 rings (SSSR count). The average molecular weight is 350 g/mol. The lowest BCUT2D eigenvalue weighted by atomic mass is 10.1. The highest BCUT2D eigenvalue weighted by atomic mass is 35.5. The Morgan fingerprint density at radius 3 is 2.87 bits per heavy atom. The van der Waals surface area contributed by atoms with Crippen molar-refractivity contribution in [3.8, 4) is 11.3 Å². The number of benzene rings is 1. The van der Waals surface area contributed by atoms with Crippen LogP contribution in [0.15, 0.2) is 28.8 Å². The quantitative estimate of drug-likeness (QED) is 0.749. The number of carbonyl (C=O) groups excluding carboxylic acids is 1. The van der Waals surface area contributed by atoms with Gasteiger partial charge in [-0.15, -0.1) is 10.2 Å². The molecule has 3 N–H and O–H groups in total. The fourth-order valence-corrected chi connectivity index (χ4v) is 2.83. The van der Waals surface area contributed by atoms with Gasteiger partial charge in [0.25, 0.3) is 5.91 Å². The first-order valence-electron chi connectivity index (χ1n) is 6.63. The van der Waals surface area contributed by atoms with Crippen LogP contribution in [0.3, 0.4) is 0 Å². The third-order valence-electron chi connectivity index (χ3n) is 3.10. The highest BCUT2D eigenvalue weighted by Crippen LogP contribution is 2.30. The number of carbonyl (C=O) groups is 1. The number of halogens is 1. The molecule has 0 radical (unpaired) electrons. The van der Waals surface area contributed by atoms with E-state index in [9.17, 15) is 4.79 Å². The van der Waals surface area contributed by atoms with E-state index in [-0.39, 0.29) is 12.5 Å². The fourth-order valence-electron chi connectivity index (χ4n) is 2.06. The molecule has 0 saturated carbocycles. The van der Waals surface area contributed by atoms with Crippen molar-refractivity contribution in [2.24, 2.45) is 0 Å². The maximum Gasteiger partial charge on any atom is 0.257 e. The first-order chi connectivity index (χ1) is 11.1. The summed E-state index contributed by atoms with van der Waals surface area (Å²) in [6, 6.07) is 7.13. The Bertz CT molecular complexity index is 860. The third-order valence-corrected chi connectivity index (χ3v) is 4.18. The minimum Gasteiger partial charge on any atom is -0.374 e. The number of rotatable bonds is 4. The van der Waals surface area contributed by atoms with E-state index in [1.807, 2.05) is 6.07 Å². The lowest BCUT2D eigenvalue weighted by Gasteiger charge is -2.05. The van der Waals surface area contributed by atoms with E-state index in [0.717, 1.165) is 0 Å². The van der Waals surface area contributed by atoms with Crippen LogP contribution in [-0.2, 0) is 6.54 Å². The minimum absolute atomic E-state index is 0.223. The van der Waals surface area contributed by atoms with E-state index < -0.39 is 0 Å². The van der Waals surface area contributed by atoms with Crippen molar-refractivity contribution in [2.75, 3.05) is 5.73 Å². The molecule has 3 aromatic rings. The molecule has 23 heavy (non-hydrogen) atoms. The van der Waals surface area contributed by atoms with E-state index in [0.29, 0.717) is 37.7 Å². The summed E-state index contributed by atoms with van der Waals surface area (Å²) in [7, 11) is 0. The highest BCUT2D eigenvalue weighted by Gasteiger charge is 2.23. The van der Waals surface area contributed by atoms with Gasteiger partial charge in [-0.05, 0) is 13.0 Å². The Kier molecular flexibility index (Phi) is 4.26. The van der Waals surface area contributed by atoms with Crippen LogP contribution in [0.25, 0.3) is 11.3 Å². The lowest BCUT2D eigenvalue weighted by Crippen LogP contribution is -2.23. The smallest absolute Gasteiger partial charge is 0.257 e. The van der Waals surface area contributed by atoms with Gasteiger partial charge < -0.3 is 15.6 Å². The molecular formula is C14H12ClN5O2S. The first-order valence-corrected chi connectivity index (χ1v) is 7.83. The number of nitrogens with zero attached hydrogens (tertiary/aromatic N) is 3. The molecule has 0 spiro atoms. The molecule has 0 fully saturated rings. The number of aryl methyl sites for hydroxylation is 1. The van der Waals surface area contributed by atoms with Crippen molar-refractivity contribution >= 4 is 34.0 Å². The summed E-state index contributed by atoms with van der Waals surface area (Å²) >= 11 is 7.39. The van der Waals surface area contributed by atoms with Gasteiger partial charge in [0.15, 0.2) is 0 Å². The Morgan fingerprint density at radius 1 is 1.39 bits per heavy atom. The largest absolute Gasteiger partial charge is 0.374 e. The van der Waals surface area contributed by atoms with Crippen molar-refractivity contribution in [2.45, 2.75) is 13.5 Å². The molecule has 0 unspecified atom stereocenters. The molecule has 0 aliphatic heterocycles. The van der Waals surface area contributed by atoms with Crippen LogP contribution < -0.4 is 11.1 Å². The van der Waals surface area contributed by atoms with Gasteiger partial charge in [0, 0.05) is 5.56 Å². The van der Waals surface area contributed by atoms with Gasteiger partial charge in [0.2, 0.25) is 5.13 Å². The molecule has 118 valence electrons. The van der Waals surface area contributed by atoms with Crippen molar-refractivity contribution < 1.29 is 9.32 Å². The standard InChI is InChI=1S/C14H12ClN5O2S/c1-7-11(13(21)17-6-10-18-19-14(16)23-10)12(20-22-7)8-4-2-3-5-9(8)15/h2-5H,6H2,1H3,(H2,16,19)(H,17,21). The molecule has 2 heterocycles. The lowest BCUT2D eigenvalue weighted by molar-refractivity contribution is 0.0950. The topological polar surface area (TPSA) is 107 Å². The molecule has 0 aliphatic rings. The van der Waals surface area contributed by atoms with E-state index in [2.05, 4.69) is 20.7 Å². The van der Waals surface area contributed by atoms with Crippen LogP contribution in [0.1, 0.15) is 21.1 Å². The van der Waals surface area contributed by atoms with E-state index in [4.69, 9.17) is 21.9 Å². The summed E-state index contributed by atoms with van der Waals surface area (Å²) in [6.45, 7) is 1.89. The number of nitrogen functional groups attached to an aromatic ring is 1. The summed E-state index contributed by atoms with van der Waals surface area (Å²) in [5, 5.41) is 15.7. The number of aromatic nitrogens is 3. The molecule has 9 heteroatoms. The van der Waals surface area contributed by atoms with Gasteiger partial charge in [-0.3, -0.25) is 4.79 Å². The molecule has 0 aliphatic carbocycles. The summed E-state index contributed by atoms with van der Waals surface area (Å²) in [6.07, 6.45) is 0. The second kappa shape index (κ2) is 6.35. The van der Waals surface area contributed by atoms with E-state index in [1.165, 1.54) is 11.3 Å². The molecule has 2 aromatic heterocycles. The van der Waals surface area contributed by atoms with Gasteiger partial charge in [0.1, 0.15) is 22.0 Å². The minimum atomic E-state index is -0.326. The molecule has 1 aromatic carbocycles. The second-order valence-corrected chi connectivity index (χ2v) is 6.16. The zero-order valence-electron chi connectivity index (χ0n) is 12.0. The Labute approximate surface area is 140 Å². The van der Waals surface area contributed by atoms with Gasteiger partial charge >= 0.3 is 0 Å². The van der Waals surface area contributed by atoms with Crippen molar-refractivity contribution in [1.29, 1.82) is 0 Å². The summed E-state index contributed by atoms with van der Waals surface area (Å²) in [5.41, 5.74) is 6.90. The number of anilines is 1. The molecule has 0 saturated heterocycles. The zero-order chi connectivity index (χ0) is 16.4. The Balaban J connectivity index is 1.86. The number of nitrogens with one attached hydrogen (secondary N) is 1. The highest BCUT2D eigenvalue weighted by molar-refractivity contribution is 7.15. The van der Waals surface area contributed by atoms with Gasteiger partial charge in [-0.25, -0.2) is 0 Å². The predicted molar refractivity (Wildman–Crippen MR) is 87.2 cm³/mol. The number of amides is 1. The summed E-state index contributed by atoms with van der Waals surface area (Å²) in [5.74, 6) is 0.0849. The second-order valence-electron chi connectivity index (χ2n) is 4.66. The van der Waals surface area contributed by atoms with Crippen molar-refractivity contribution in [1.82, 2.24) is 20.7 Å². The number of hydrogen-bond donors (Lipinski definition) is 2. The molecule has 1 amide bonds. The first kappa shape index (κ1) is 15.4. The van der Waals surface area contributed by atoms with Crippen LogP contribution >= 0.6 is 22.9 Å². The van der Waals surface area contributed by atoms with Crippen molar-refractivity contribution in [3.63, 3.8) is 0 Å². The molecule has 7 nitrogen and oxygen atoms in total. The normalized spacial score (nSPS) is 10.7. The molecule has 0 bridgehead atoms. The third kappa shape index (κ3) is 3.17. The number of hydrogen-bond acceptors (Lipinski definition) is 7. The summed E-state index contributed by atoms with van der Waals surface area (Å²) < 4.78 is 5.17. The fraction of sp³-hybridized carbons (Fsp3) is 0.143. The SMILES string of the molecule is Cc1onc(-c2ccccc2Cl)c1C(=O)NCc1nnc(N)s1. The van der Waals surface area contributed by atoms with Gasteiger partial charge in [0.05, 0.1) is 11.6 Å². The van der Waals surface area contributed by atoms with Crippen LogP contribution in [-0.4, -0.2) is 21.3 Å². The van der Waals surface area contributed by atoms with Crippen LogP contribution in [0, 0.1) is 6.92 Å². The van der Waals surface area contributed by atoms with Gasteiger partial charge in [-0.2, -0.15) is 0 Å². The average Bonchev–Trinajstić information content (AvgIpc) is 3.11. The predicted octanol–water partition coefficient (Wildman–Crippen LogP) is 2.67. The van der Waals surface area contributed by atoms with Gasteiger partial charge in [-0.1, -0.05) is 46.3 Å². The van der Waals surface area contributed by atoms with Crippen molar-refractivity contribution in [3.05, 3.63) is 45.6 Å².